The number of aryl methyl sites for hydroxylation is 2. The predicted octanol–water partition coefficient (Wildman–Crippen LogP) is 2.40. The molecule has 0 saturated carbocycles. The zero-order chi connectivity index (χ0) is 10.3. The molecule has 0 atom stereocenters. The SMILES string of the molecule is Cc1c2cc(C(C)C)ncc2nn1C. The lowest BCUT2D eigenvalue weighted by Crippen LogP contribution is -1.91. The first-order valence-corrected chi connectivity index (χ1v) is 4.89. The zero-order valence-electron chi connectivity index (χ0n) is 9.07. The normalized spacial score (nSPS) is 11.5. The third-order valence-corrected chi connectivity index (χ3v) is 2.63. The van der Waals surface area contributed by atoms with Crippen molar-refractivity contribution < 1.29 is 0 Å². The summed E-state index contributed by atoms with van der Waals surface area (Å²) in [5.74, 6) is 0.471. The minimum absolute atomic E-state index is 0.471. The van der Waals surface area contributed by atoms with Gasteiger partial charge in [0.15, 0.2) is 0 Å². The highest BCUT2D eigenvalue weighted by molar-refractivity contribution is 5.80. The molecule has 0 saturated heterocycles. The second-order valence-corrected chi connectivity index (χ2v) is 3.99. The van der Waals surface area contributed by atoms with Gasteiger partial charge >= 0.3 is 0 Å². The minimum atomic E-state index is 0.471. The van der Waals surface area contributed by atoms with Crippen molar-refractivity contribution in [2.45, 2.75) is 26.7 Å². The van der Waals surface area contributed by atoms with Gasteiger partial charge in [0.05, 0.1) is 6.20 Å². The standard InChI is InChI=1S/C11H15N3/c1-7(2)10-5-9-8(3)14(4)13-11(9)6-12-10/h5-7H,1-4H3. The second kappa shape index (κ2) is 3.08. The maximum atomic E-state index is 4.38. The summed E-state index contributed by atoms with van der Waals surface area (Å²) in [6.45, 7) is 6.39. The molecule has 0 amide bonds. The van der Waals surface area contributed by atoms with Gasteiger partial charge < -0.3 is 0 Å². The van der Waals surface area contributed by atoms with E-state index >= 15 is 0 Å². The molecule has 3 heteroatoms. The van der Waals surface area contributed by atoms with Crippen molar-refractivity contribution in [3.8, 4) is 0 Å². The van der Waals surface area contributed by atoms with Crippen LogP contribution in [0.4, 0.5) is 0 Å². The van der Waals surface area contributed by atoms with Gasteiger partial charge in [0.1, 0.15) is 5.52 Å². The molecule has 14 heavy (non-hydrogen) atoms. The second-order valence-electron chi connectivity index (χ2n) is 3.99. The van der Waals surface area contributed by atoms with Gasteiger partial charge in [-0.1, -0.05) is 13.8 Å². The fourth-order valence-corrected chi connectivity index (χ4v) is 1.56. The van der Waals surface area contributed by atoms with Crippen LogP contribution in [0, 0.1) is 6.92 Å². The molecule has 0 N–H and O–H groups in total. The average Bonchev–Trinajstić information content (AvgIpc) is 2.43. The van der Waals surface area contributed by atoms with Gasteiger partial charge in [0.2, 0.25) is 0 Å². The Labute approximate surface area is 83.8 Å². The number of hydrogen-bond acceptors (Lipinski definition) is 2. The van der Waals surface area contributed by atoms with Crippen LogP contribution in [0.5, 0.6) is 0 Å². The molecule has 0 fully saturated rings. The molecule has 0 radical (unpaired) electrons. The highest BCUT2D eigenvalue weighted by Gasteiger charge is 2.07. The van der Waals surface area contributed by atoms with Gasteiger partial charge in [-0.2, -0.15) is 5.10 Å². The van der Waals surface area contributed by atoms with Crippen molar-refractivity contribution >= 4 is 10.9 Å². The number of nitrogens with zero attached hydrogens (tertiary/aromatic N) is 3. The van der Waals surface area contributed by atoms with Crippen LogP contribution in [-0.2, 0) is 7.05 Å². The molecular formula is C11H15N3. The summed E-state index contributed by atoms with van der Waals surface area (Å²) in [7, 11) is 1.96. The Balaban J connectivity index is 2.69. The number of rotatable bonds is 1. The van der Waals surface area contributed by atoms with E-state index in [0.29, 0.717) is 5.92 Å². The monoisotopic (exact) mass is 189 g/mol. The lowest BCUT2D eigenvalue weighted by molar-refractivity contribution is 0.750. The molecule has 3 nitrogen and oxygen atoms in total. The molecular weight excluding hydrogens is 174 g/mol. The molecule has 2 aromatic rings. The first-order chi connectivity index (χ1) is 6.59. The van der Waals surface area contributed by atoms with E-state index in [4.69, 9.17) is 0 Å². The maximum Gasteiger partial charge on any atom is 0.111 e. The quantitative estimate of drug-likeness (QED) is 0.689. The summed E-state index contributed by atoms with van der Waals surface area (Å²) >= 11 is 0. The maximum absolute atomic E-state index is 4.38. The molecule has 2 heterocycles. The molecule has 0 aromatic carbocycles. The summed E-state index contributed by atoms with van der Waals surface area (Å²) in [4.78, 5) is 4.38. The summed E-state index contributed by atoms with van der Waals surface area (Å²) < 4.78 is 1.90. The van der Waals surface area contributed by atoms with Gasteiger partial charge in [-0.05, 0) is 18.9 Å². The first-order valence-electron chi connectivity index (χ1n) is 4.89. The van der Waals surface area contributed by atoms with Crippen LogP contribution in [0.1, 0.15) is 31.2 Å². The molecule has 0 aliphatic heterocycles. The van der Waals surface area contributed by atoms with Crippen LogP contribution in [0.25, 0.3) is 10.9 Å². The Morgan fingerprint density at radius 1 is 1.36 bits per heavy atom. The van der Waals surface area contributed by atoms with E-state index in [2.05, 4.69) is 36.9 Å². The van der Waals surface area contributed by atoms with E-state index in [1.165, 1.54) is 11.1 Å². The van der Waals surface area contributed by atoms with Crippen LogP contribution in [0.15, 0.2) is 12.3 Å². The molecule has 2 aromatic heterocycles. The fourth-order valence-electron chi connectivity index (χ4n) is 1.56. The van der Waals surface area contributed by atoms with E-state index in [1.54, 1.807) is 0 Å². The molecule has 2 rings (SSSR count). The molecule has 0 aliphatic carbocycles. The highest BCUT2D eigenvalue weighted by Crippen LogP contribution is 2.20. The minimum Gasteiger partial charge on any atom is -0.272 e. The lowest BCUT2D eigenvalue weighted by Gasteiger charge is -2.02. The Morgan fingerprint density at radius 2 is 2.07 bits per heavy atom. The molecule has 0 unspecified atom stereocenters. The Morgan fingerprint density at radius 3 is 2.71 bits per heavy atom. The largest absolute Gasteiger partial charge is 0.272 e. The van der Waals surface area contributed by atoms with Crippen molar-refractivity contribution in [1.29, 1.82) is 0 Å². The number of pyridine rings is 1. The molecule has 0 aliphatic rings. The highest BCUT2D eigenvalue weighted by atomic mass is 15.3. The summed E-state index contributed by atoms with van der Waals surface area (Å²) in [6.07, 6.45) is 1.86. The number of hydrogen-bond donors (Lipinski definition) is 0. The van der Waals surface area contributed by atoms with E-state index in [-0.39, 0.29) is 0 Å². The van der Waals surface area contributed by atoms with Crippen LogP contribution in [0.3, 0.4) is 0 Å². The van der Waals surface area contributed by atoms with E-state index < -0.39 is 0 Å². The van der Waals surface area contributed by atoms with Gasteiger partial charge in [0, 0.05) is 23.8 Å². The summed E-state index contributed by atoms with van der Waals surface area (Å²) in [5.41, 5.74) is 3.31. The first kappa shape index (κ1) is 9.19. The zero-order valence-corrected chi connectivity index (χ0v) is 9.07. The van der Waals surface area contributed by atoms with Crippen molar-refractivity contribution in [2.75, 3.05) is 0 Å². The number of fused-ring (bicyclic) bond motifs is 1. The molecule has 0 spiro atoms. The van der Waals surface area contributed by atoms with Gasteiger partial charge in [-0.25, -0.2) is 0 Å². The van der Waals surface area contributed by atoms with Gasteiger partial charge in [-0.15, -0.1) is 0 Å². The Bertz CT molecular complexity index is 469. The van der Waals surface area contributed by atoms with Crippen LogP contribution in [0.2, 0.25) is 0 Å². The fraction of sp³-hybridized carbons (Fsp3) is 0.455. The van der Waals surface area contributed by atoms with Gasteiger partial charge in [-0.3, -0.25) is 9.67 Å². The van der Waals surface area contributed by atoms with Crippen molar-refractivity contribution in [3.05, 3.63) is 23.7 Å². The predicted molar refractivity (Wildman–Crippen MR) is 57.3 cm³/mol. The third-order valence-electron chi connectivity index (χ3n) is 2.63. The van der Waals surface area contributed by atoms with Crippen molar-refractivity contribution in [1.82, 2.24) is 14.8 Å². The van der Waals surface area contributed by atoms with Crippen molar-refractivity contribution in [3.63, 3.8) is 0 Å². The summed E-state index contributed by atoms with van der Waals surface area (Å²) in [5, 5.41) is 5.58. The van der Waals surface area contributed by atoms with E-state index in [9.17, 15) is 0 Å². The van der Waals surface area contributed by atoms with Crippen LogP contribution < -0.4 is 0 Å². The smallest absolute Gasteiger partial charge is 0.111 e. The molecule has 0 bridgehead atoms. The Hall–Kier alpha value is -1.38. The lowest BCUT2D eigenvalue weighted by atomic mass is 10.1. The average molecular weight is 189 g/mol. The van der Waals surface area contributed by atoms with Crippen LogP contribution in [-0.4, -0.2) is 14.8 Å². The van der Waals surface area contributed by atoms with E-state index in [1.807, 2.05) is 17.9 Å². The topological polar surface area (TPSA) is 30.7 Å². The van der Waals surface area contributed by atoms with Gasteiger partial charge in [0.25, 0.3) is 0 Å². The third kappa shape index (κ3) is 1.29. The van der Waals surface area contributed by atoms with E-state index in [0.717, 1.165) is 11.2 Å². The molecule has 74 valence electrons. The Kier molecular flexibility index (Phi) is 2.02. The van der Waals surface area contributed by atoms with Crippen LogP contribution >= 0.6 is 0 Å². The number of aromatic nitrogens is 3. The summed E-state index contributed by atoms with van der Waals surface area (Å²) in [6, 6.07) is 2.14. The van der Waals surface area contributed by atoms with Crippen molar-refractivity contribution in [2.24, 2.45) is 7.05 Å².